The van der Waals surface area contributed by atoms with Crippen LogP contribution in [0.2, 0.25) is 10.0 Å². The second-order valence-electron chi connectivity index (χ2n) is 4.17. The van der Waals surface area contributed by atoms with Gasteiger partial charge >= 0.3 is 0 Å². The maximum absolute atomic E-state index is 6.12. The fraction of sp³-hybridized carbons (Fsp3) is 0.200. The van der Waals surface area contributed by atoms with Gasteiger partial charge in [0.15, 0.2) is 0 Å². The van der Waals surface area contributed by atoms with Crippen molar-refractivity contribution < 1.29 is 9.47 Å². The Morgan fingerprint density at radius 1 is 1.00 bits per heavy atom. The molecule has 106 valence electrons. The second-order valence-corrected chi connectivity index (χ2v) is 5.01. The van der Waals surface area contributed by atoms with E-state index < -0.39 is 0 Å². The molecular weight excluding hydrogens is 297 g/mol. The third kappa shape index (κ3) is 3.50. The van der Waals surface area contributed by atoms with Gasteiger partial charge in [-0.2, -0.15) is 0 Å². The van der Waals surface area contributed by atoms with Crippen molar-refractivity contribution in [3.63, 3.8) is 0 Å². The molecule has 0 aromatic heterocycles. The summed E-state index contributed by atoms with van der Waals surface area (Å²) in [6.45, 7) is 0.625. The van der Waals surface area contributed by atoms with Crippen LogP contribution in [0.15, 0.2) is 36.4 Å². The molecule has 3 nitrogen and oxygen atoms in total. The minimum Gasteiger partial charge on any atom is -0.495 e. The highest BCUT2D eigenvalue weighted by atomic mass is 35.5. The molecule has 0 unspecified atom stereocenters. The molecule has 0 heterocycles. The molecule has 0 amide bonds. The number of halogens is 2. The van der Waals surface area contributed by atoms with E-state index in [2.05, 4.69) is 5.32 Å². The number of hydrogen-bond acceptors (Lipinski definition) is 3. The maximum atomic E-state index is 6.12. The molecule has 1 N–H and O–H groups in total. The molecule has 0 spiro atoms. The molecule has 2 aromatic carbocycles. The van der Waals surface area contributed by atoms with Crippen LogP contribution >= 0.6 is 23.2 Å². The minimum atomic E-state index is 0.530. The monoisotopic (exact) mass is 311 g/mol. The van der Waals surface area contributed by atoms with E-state index in [1.165, 1.54) is 0 Å². The van der Waals surface area contributed by atoms with Crippen molar-refractivity contribution in [2.45, 2.75) is 6.54 Å². The number of benzene rings is 2. The third-order valence-electron chi connectivity index (χ3n) is 2.85. The van der Waals surface area contributed by atoms with Crippen LogP contribution < -0.4 is 14.8 Å². The zero-order chi connectivity index (χ0) is 14.5. The molecule has 20 heavy (non-hydrogen) atoms. The van der Waals surface area contributed by atoms with Crippen LogP contribution in [0.3, 0.4) is 0 Å². The quantitative estimate of drug-likeness (QED) is 0.873. The summed E-state index contributed by atoms with van der Waals surface area (Å²) in [5, 5.41) is 4.52. The standard InChI is InChI=1S/C15H15Cl2NO2/c1-19-14-8-15(20-2)13(7-12(14)17)18-9-10-4-3-5-11(16)6-10/h3-8,18H,9H2,1-2H3. The first-order valence-corrected chi connectivity index (χ1v) is 6.79. The lowest BCUT2D eigenvalue weighted by Gasteiger charge is -2.14. The van der Waals surface area contributed by atoms with E-state index >= 15 is 0 Å². The van der Waals surface area contributed by atoms with Crippen molar-refractivity contribution in [2.24, 2.45) is 0 Å². The molecule has 2 aromatic rings. The van der Waals surface area contributed by atoms with Gasteiger partial charge in [-0.05, 0) is 23.8 Å². The molecule has 2 rings (SSSR count). The third-order valence-corrected chi connectivity index (χ3v) is 3.38. The lowest BCUT2D eigenvalue weighted by molar-refractivity contribution is 0.395. The molecule has 0 aliphatic rings. The molecular formula is C15H15Cl2NO2. The molecule has 0 bridgehead atoms. The Balaban J connectivity index is 2.18. The first kappa shape index (κ1) is 14.8. The fourth-order valence-corrected chi connectivity index (χ4v) is 2.30. The fourth-order valence-electron chi connectivity index (χ4n) is 1.84. The summed E-state index contributed by atoms with van der Waals surface area (Å²) in [5.41, 5.74) is 1.88. The summed E-state index contributed by atoms with van der Waals surface area (Å²) in [6, 6.07) is 11.2. The van der Waals surface area contributed by atoms with E-state index in [9.17, 15) is 0 Å². The minimum absolute atomic E-state index is 0.530. The summed E-state index contributed by atoms with van der Waals surface area (Å²) in [4.78, 5) is 0. The first-order valence-electron chi connectivity index (χ1n) is 6.04. The molecule has 0 radical (unpaired) electrons. The SMILES string of the molecule is COc1cc(OC)c(NCc2cccc(Cl)c2)cc1Cl. The second kappa shape index (κ2) is 6.73. The van der Waals surface area contributed by atoms with Crippen molar-refractivity contribution in [3.05, 3.63) is 52.0 Å². The zero-order valence-corrected chi connectivity index (χ0v) is 12.8. The van der Waals surface area contributed by atoms with Crippen LogP contribution in [0, 0.1) is 0 Å². The summed E-state index contributed by atoms with van der Waals surface area (Å²) in [5.74, 6) is 1.25. The Bertz CT molecular complexity index is 602. The molecule has 0 saturated carbocycles. The molecule has 0 aliphatic heterocycles. The van der Waals surface area contributed by atoms with E-state index in [1.54, 1.807) is 26.4 Å². The van der Waals surface area contributed by atoms with Crippen LogP contribution in [0.25, 0.3) is 0 Å². The van der Waals surface area contributed by atoms with Gasteiger partial charge in [-0.3, -0.25) is 0 Å². The zero-order valence-electron chi connectivity index (χ0n) is 11.2. The average molecular weight is 312 g/mol. The Kier molecular flexibility index (Phi) is 4.99. The largest absolute Gasteiger partial charge is 0.495 e. The number of methoxy groups -OCH3 is 2. The lowest BCUT2D eigenvalue weighted by Crippen LogP contribution is -2.02. The molecule has 0 atom stereocenters. The highest BCUT2D eigenvalue weighted by Gasteiger charge is 2.09. The normalized spacial score (nSPS) is 10.2. The van der Waals surface area contributed by atoms with Gasteiger partial charge in [-0.15, -0.1) is 0 Å². The van der Waals surface area contributed by atoms with Crippen LogP contribution in [-0.2, 0) is 6.54 Å². The van der Waals surface area contributed by atoms with E-state index in [1.807, 2.05) is 24.3 Å². The number of anilines is 1. The predicted octanol–water partition coefficient (Wildman–Crippen LogP) is 4.62. The van der Waals surface area contributed by atoms with Crippen molar-refractivity contribution in [1.82, 2.24) is 0 Å². The Labute approximate surface area is 128 Å². The Morgan fingerprint density at radius 2 is 1.75 bits per heavy atom. The summed E-state index contributed by atoms with van der Waals surface area (Å²) < 4.78 is 10.5. The van der Waals surface area contributed by atoms with Crippen molar-refractivity contribution >= 4 is 28.9 Å². The van der Waals surface area contributed by atoms with Gasteiger partial charge in [0.1, 0.15) is 11.5 Å². The van der Waals surface area contributed by atoms with Crippen molar-refractivity contribution in [1.29, 1.82) is 0 Å². The first-order chi connectivity index (χ1) is 9.63. The number of hydrogen-bond donors (Lipinski definition) is 1. The van der Waals surface area contributed by atoms with E-state index in [-0.39, 0.29) is 0 Å². The highest BCUT2D eigenvalue weighted by Crippen LogP contribution is 2.36. The van der Waals surface area contributed by atoms with Crippen LogP contribution in [0.5, 0.6) is 11.5 Å². The highest BCUT2D eigenvalue weighted by molar-refractivity contribution is 6.32. The van der Waals surface area contributed by atoms with Gasteiger partial charge in [0.2, 0.25) is 0 Å². The number of ether oxygens (including phenoxy) is 2. The topological polar surface area (TPSA) is 30.5 Å². The Hall–Kier alpha value is -1.58. The summed E-state index contributed by atoms with van der Waals surface area (Å²) in [6.07, 6.45) is 0. The number of rotatable bonds is 5. The van der Waals surface area contributed by atoms with Gasteiger partial charge < -0.3 is 14.8 Å². The van der Waals surface area contributed by atoms with Crippen LogP contribution in [-0.4, -0.2) is 14.2 Å². The van der Waals surface area contributed by atoms with Crippen molar-refractivity contribution in [2.75, 3.05) is 19.5 Å². The van der Waals surface area contributed by atoms with E-state index in [4.69, 9.17) is 32.7 Å². The maximum Gasteiger partial charge on any atom is 0.145 e. The molecule has 0 aliphatic carbocycles. The molecule has 0 fully saturated rings. The molecule has 0 saturated heterocycles. The van der Waals surface area contributed by atoms with Gasteiger partial charge in [0.25, 0.3) is 0 Å². The van der Waals surface area contributed by atoms with Crippen LogP contribution in [0.4, 0.5) is 5.69 Å². The van der Waals surface area contributed by atoms with Gasteiger partial charge in [0.05, 0.1) is 24.9 Å². The van der Waals surface area contributed by atoms with Gasteiger partial charge in [0, 0.05) is 17.6 Å². The lowest BCUT2D eigenvalue weighted by atomic mass is 10.2. The van der Waals surface area contributed by atoms with Gasteiger partial charge in [-0.1, -0.05) is 35.3 Å². The average Bonchev–Trinajstić information content (AvgIpc) is 2.45. The molecule has 5 heteroatoms. The smallest absolute Gasteiger partial charge is 0.145 e. The van der Waals surface area contributed by atoms with E-state index in [0.29, 0.717) is 28.1 Å². The van der Waals surface area contributed by atoms with Crippen LogP contribution in [0.1, 0.15) is 5.56 Å². The van der Waals surface area contributed by atoms with Crippen molar-refractivity contribution in [3.8, 4) is 11.5 Å². The van der Waals surface area contributed by atoms with Gasteiger partial charge in [-0.25, -0.2) is 0 Å². The Morgan fingerprint density at radius 3 is 2.40 bits per heavy atom. The number of nitrogens with one attached hydrogen (secondary N) is 1. The van der Waals surface area contributed by atoms with E-state index in [0.717, 1.165) is 11.3 Å². The predicted molar refractivity (Wildman–Crippen MR) is 83.3 cm³/mol. The summed E-state index contributed by atoms with van der Waals surface area (Å²) in [7, 11) is 3.17. The summed E-state index contributed by atoms with van der Waals surface area (Å²) >= 11 is 12.1.